The van der Waals surface area contributed by atoms with Crippen molar-refractivity contribution < 1.29 is 4.42 Å². The third-order valence-electron chi connectivity index (χ3n) is 17.5. The van der Waals surface area contributed by atoms with E-state index in [0.717, 1.165) is 11.2 Å². The topological polar surface area (TPSA) is 19.6 Å². The van der Waals surface area contributed by atoms with Crippen LogP contribution in [0.25, 0.3) is 11.0 Å². The Bertz CT molecular complexity index is 2950. The van der Waals surface area contributed by atoms with Crippen molar-refractivity contribution in [1.29, 1.82) is 0 Å². The highest BCUT2D eigenvalue weighted by atomic mass is 16.3. The zero-order valence-electron chi connectivity index (χ0n) is 41.1. The fourth-order valence-corrected chi connectivity index (χ4v) is 13.1. The van der Waals surface area contributed by atoms with Gasteiger partial charge in [0.1, 0.15) is 5.58 Å². The lowest BCUT2D eigenvalue weighted by Gasteiger charge is -2.47. The molecule has 0 spiro atoms. The molecule has 5 aromatic carbocycles. The summed E-state index contributed by atoms with van der Waals surface area (Å²) in [7, 11) is 0. The van der Waals surface area contributed by atoms with Gasteiger partial charge in [-0.2, -0.15) is 0 Å². The molecule has 0 unspecified atom stereocenters. The fraction of sp³-hybridized carbons (Fsp3) is 0.458. The van der Waals surface area contributed by atoms with E-state index in [9.17, 15) is 0 Å². The van der Waals surface area contributed by atoms with Crippen LogP contribution in [0.2, 0.25) is 0 Å². The first kappa shape index (κ1) is 41.0. The fourth-order valence-electron chi connectivity index (χ4n) is 13.1. The predicted molar refractivity (Wildman–Crippen MR) is 270 cm³/mol. The van der Waals surface area contributed by atoms with Crippen molar-refractivity contribution in [3.8, 4) is 0 Å². The molecule has 0 radical (unpaired) electrons. The predicted octanol–water partition coefficient (Wildman–Crippen LogP) is 14.5. The summed E-state index contributed by atoms with van der Waals surface area (Å²) in [6, 6.07) is 29.6. The summed E-state index contributed by atoms with van der Waals surface area (Å²) in [6.07, 6.45) is 7.07. The van der Waals surface area contributed by atoms with E-state index in [4.69, 9.17) is 4.42 Å². The van der Waals surface area contributed by atoms with Crippen LogP contribution in [0, 0.1) is 20.8 Å². The van der Waals surface area contributed by atoms with Gasteiger partial charge in [-0.3, -0.25) is 0 Å². The molecule has 0 fully saturated rings. The Labute approximate surface area is 378 Å². The number of hydrogen-bond donors (Lipinski definition) is 0. The summed E-state index contributed by atoms with van der Waals surface area (Å²) >= 11 is 0. The highest BCUT2D eigenvalue weighted by molar-refractivity contribution is 7.00. The minimum absolute atomic E-state index is 0.0500. The van der Waals surface area contributed by atoms with E-state index in [1.54, 1.807) is 0 Å². The number of para-hydroxylation sites is 1. The second-order valence-electron chi connectivity index (χ2n) is 24.8. The molecule has 3 heterocycles. The van der Waals surface area contributed by atoms with Gasteiger partial charge in [0.05, 0.1) is 17.0 Å². The molecule has 0 bridgehead atoms. The Balaban J connectivity index is 1.29. The van der Waals surface area contributed by atoms with Gasteiger partial charge in [0.2, 0.25) is 0 Å². The van der Waals surface area contributed by atoms with Crippen molar-refractivity contribution >= 4 is 68.4 Å². The summed E-state index contributed by atoms with van der Waals surface area (Å²) in [4.78, 5) is 5.31. The van der Waals surface area contributed by atoms with Crippen LogP contribution < -0.4 is 26.4 Å². The Morgan fingerprint density at radius 2 is 0.937 bits per heavy atom. The molecule has 4 heteroatoms. The van der Waals surface area contributed by atoms with Gasteiger partial charge in [0, 0.05) is 28.1 Å². The smallest absolute Gasteiger partial charge is 0.297 e. The van der Waals surface area contributed by atoms with Crippen LogP contribution in [-0.2, 0) is 32.5 Å². The van der Waals surface area contributed by atoms with E-state index in [-0.39, 0.29) is 39.2 Å². The highest BCUT2D eigenvalue weighted by Crippen LogP contribution is 2.55. The van der Waals surface area contributed by atoms with Crippen LogP contribution in [-0.4, -0.2) is 6.71 Å². The summed E-state index contributed by atoms with van der Waals surface area (Å²) < 4.78 is 7.63. The SMILES string of the molecule is Cc1cc2c3c(c1)N(c1c(C)cccc1C)c1c(oc4cc5c(cc14)C(C)(C)CCC5(C)C)B3c1cc3c(cc1N2c1ccc2c(c1)C(C)(C)CCC2(C)C)C(C)(C)CCC3(C)C. The first-order valence-electron chi connectivity index (χ1n) is 24.2. The van der Waals surface area contributed by atoms with Crippen LogP contribution in [0.3, 0.4) is 0 Å². The number of rotatable bonds is 2. The Kier molecular flexibility index (Phi) is 8.31. The molecule has 1 aromatic heterocycles. The van der Waals surface area contributed by atoms with Crippen molar-refractivity contribution in [2.45, 2.75) is 175 Å². The Hall–Kier alpha value is -4.70. The monoisotopic (exact) mass is 833 g/mol. The molecular weight excluding hydrogens is 763 g/mol. The van der Waals surface area contributed by atoms with E-state index in [0.29, 0.717) is 0 Å². The lowest BCUT2D eigenvalue weighted by molar-refractivity contribution is 0.332. The minimum atomic E-state index is -0.0815. The lowest BCUT2D eigenvalue weighted by Crippen LogP contribution is -2.61. The molecule has 3 nitrogen and oxygen atoms in total. The van der Waals surface area contributed by atoms with E-state index < -0.39 is 0 Å². The van der Waals surface area contributed by atoms with Gasteiger partial charge >= 0.3 is 0 Å². The average molecular weight is 833 g/mol. The Morgan fingerprint density at radius 3 is 1.51 bits per heavy atom. The third-order valence-corrected chi connectivity index (χ3v) is 17.5. The molecule has 5 aliphatic rings. The molecule has 0 amide bonds. The molecular formula is C59H69BN2O. The largest absolute Gasteiger partial charge is 0.468 e. The standard InChI is InChI=1S/C59H69BN2O/c1-34-27-47-50-48(28-34)62(51-35(2)17-16-18-36(51)3)52-38-30-41-44(59(14,15)26-23-56(41,8)9)33-49(38)63-53(52)60(50)45-31-42-43(58(12,13)25-24-57(42,10)11)32-46(45)61(47)37-19-20-39-40(29-37)55(6,7)22-21-54(39,4)5/h16-20,27-33H,21-26H2,1-15H3. The summed E-state index contributed by atoms with van der Waals surface area (Å²) in [5.41, 5.74) is 25.5. The maximum absolute atomic E-state index is 7.63. The number of anilines is 6. The first-order valence-corrected chi connectivity index (χ1v) is 24.2. The summed E-state index contributed by atoms with van der Waals surface area (Å²) in [5.74, 6) is 0. The summed E-state index contributed by atoms with van der Waals surface area (Å²) in [6.45, 7) is 36.3. The van der Waals surface area contributed by atoms with Crippen LogP contribution >= 0.6 is 0 Å². The second kappa shape index (κ2) is 12.8. The molecule has 0 saturated heterocycles. The van der Waals surface area contributed by atoms with Gasteiger partial charge in [0.25, 0.3) is 6.71 Å². The van der Waals surface area contributed by atoms with Crippen LogP contribution in [0.1, 0.15) is 172 Å². The van der Waals surface area contributed by atoms with Gasteiger partial charge in [-0.05, 0) is 195 Å². The number of benzene rings is 5. The maximum Gasteiger partial charge on any atom is 0.297 e. The minimum Gasteiger partial charge on any atom is -0.468 e. The van der Waals surface area contributed by atoms with Gasteiger partial charge in [-0.15, -0.1) is 0 Å². The van der Waals surface area contributed by atoms with E-state index >= 15 is 0 Å². The van der Waals surface area contributed by atoms with Crippen LogP contribution in [0.4, 0.5) is 34.1 Å². The van der Waals surface area contributed by atoms with Crippen LogP contribution in [0.5, 0.6) is 0 Å². The van der Waals surface area contributed by atoms with Crippen molar-refractivity contribution in [1.82, 2.24) is 0 Å². The van der Waals surface area contributed by atoms with Gasteiger partial charge < -0.3 is 14.2 Å². The molecule has 11 rings (SSSR count). The van der Waals surface area contributed by atoms with Crippen molar-refractivity contribution in [3.05, 3.63) is 123 Å². The molecule has 0 atom stereocenters. The number of fused-ring (bicyclic) bond motifs is 9. The molecule has 63 heavy (non-hydrogen) atoms. The molecule has 324 valence electrons. The van der Waals surface area contributed by atoms with E-state index in [1.165, 1.54) is 139 Å². The van der Waals surface area contributed by atoms with E-state index in [2.05, 4.69) is 186 Å². The number of nitrogens with zero attached hydrogens (tertiary/aromatic N) is 2. The average Bonchev–Trinajstić information content (AvgIpc) is 3.58. The normalized spacial score (nSPS) is 21.2. The van der Waals surface area contributed by atoms with Gasteiger partial charge in [-0.25, -0.2) is 0 Å². The second-order valence-corrected chi connectivity index (χ2v) is 24.8. The number of aryl methyl sites for hydroxylation is 3. The van der Waals surface area contributed by atoms with Crippen molar-refractivity contribution in [2.24, 2.45) is 0 Å². The highest BCUT2D eigenvalue weighted by Gasteiger charge is 2.50. The first-order chi connectivity index (χ1) is 29.4. The number of furan rings is 1. The molecule has 3 aliphatic carbocycles. The van der Waals surface area contributed by atoms with E-state index in [1.807, 2.05) is 0 Å². The molecule has 0 N–H and O–H groups in total. The van der Waals surface area contributed by atoms with Crippen molar-refractivity contribution in [3.63, 3.8) is 0 Å². The zero-order chi connectivity index (χ0) is 44.7. The molecule has 0 saturated carbocycles. The quantitative estimate of drug-likeness (QED) is 0.162. The Morgan fingerprint density at radius 1 is 0.460 bits per heavy atom. The maximum atomic E-state index is 7.63. The lowest BCUT2D eigenvalue weighted by atomic mass is 9.35. The third kappa shape index (κ3) is 5.70. The zero-order valence-corrected chi connectivity index (χ0v) is 41.1. The summed E-state index contributed by atoms with van der Waals surface area (Å²) in [5, 5.41) is 1.23. The molecule has 6 aromatic rings. The van der Waals surface area contributed by atoms with Gasteiger partial charge in [-0.1, -0.05) is 113 Å². The van der Waals surface area contributed by atoms with Gasteiger partial charge in [0.15, 0.2) is 0 Å². The van der Waals surface area contributed by atoms with Crippen LogP contribution in [0.15, 0.2) is 77.2 Å². The van der Waals surface area contributed by atoms with Crippen molar-refractivity contribution in [2.75, 3.05) is 9.80 Å². The molecule has 2 aliphatic heterocycles. The number of hydrogen-bond acceptors (Lipinski definition) is 3.